The highest BCUT2D eigenvalue weighted by Gasteiger charge is 2.32. The number of nitrogens with zero attached hydrogens (tertiary/aromatic N) is 4. The standard InChI is InChI=1S/C22H26N4O3S3/c1-14-10-19(15(2)25(14)17-7-9-32(28,29)13-17)20(27)12-31-22-24-23-21(26(22)16-5-6-16)11-18-4-3-8-30-18/h3-4,8,10,16-17H,5-7,9,11-13H2,1-2H3/t17-/m0/s1. The molecule has 10 heteroatoms. The summed E-state index contributed by atoms with van der Waals surface area (Å²) in [5, 5.41) is 11.7. The van der Waals surface area contributed by atoms with Gasteiger partial charge in [0.2, 0.25) is 0 Å². The Bertz CT molecular complexity index is 1250. The molecule has 0 radical (unpaired) electrons. The maximum Gasteiger partial charge on any atom is 0.191 e. The summed E-state index contributed by atoms with van der Waals surface area (Å²) in [6.07, 6.45) is 3.63. The van der Waals surface area contributed by atoms with Crippen molar-refractivity contribution in [3.05, 3.63) is 51.2 Å². The van der Waals surface area contributed by atoms with E-state index >= 15 is 0 Å². The zero-order chi connectivity index (χ0) is 22.5. The molecule has 1 saturated carbocycles. The van der Waals surface area contributed by atoms with Gasteiger partial charge in [0.05, 0.1) is 17.3 Å². The van der Waals surface area contributed by atoms with Crippen molar-refractivity contribution in [2.24, 2.45) is 0 Å². The van der Waals surface area contributed by atoms with E-state index in [1.165, 1.54) is 16.6 Å². The van der Waals surface area contributed by atoms with Crippen molar-refractivity contribution in [2.45, 2.75) is 56.8 Å². The summed E-state index contributed by atoms with van der Waals surface area (Å²) in [7, 11) is -2.99. The van der Waals surface area contributed by atoms with Gasteiger partial charge in [-0.3, -0.25) is 4.79 Å². The third-order valence-electron chi connectivity index (χ3n) is 6.25. The first kappa shape index (κ1) is 21.9. The van der Waals surface area contributed by atoms with E-state index in [2.05, 4.69) is 26.2 Å². The molecule has 1 saturated heterocycles. The van der Waals surface area contributed by atoms with Gasteiger partial charge in [0.1, 0.15) is 5.82 Å². The van der Waals surface area contributed by atoms with E-state index in [1.807, 2.05) is 30.5 Å². The lowest BCUT2D eigenvalue weighted by Gasteiger charge is -2.16. The molecule has 32 heavy (non-hydrogen) atoms. The van der Waals surface area contributed by atoms with Gasteiger partial charge in [-0.2, -0.15) is 0 Å². The normalized spacial score (nSPS) is 20.1. The number of aryl methyl sites for hydroxylation is 1. The smallest absolute Gasteiger partial charge is 0.191 e. The van der Waals surface area contributed by atoms with Gasteiger partial charge in [-0.15, -0.1) is 21.5 Å². The van der Waals surface area contributed by atoms with Crippen LogP contribution in [0.4, 0.5) is 0 Å². The van der Waals surface area contributed by atoms with E-state index in [1.54, 1.807) is 11.3 Å². The van der Waals surface area contributed by atoms with Crippen molar-refractivity contribution in [3.63, 3.8) is 0 Å². The van der Waals surface area contributed by atoms with Crippen LogP contribution < -0.4 is 0 Å². The molecule has 7 nitrogen and oxygen atoms in total. The predicted molar refractivity (Wildman–Crippen MR) is 127 cm³/mol. The fourth-order valence-electron chi connectivity index (χ4n) is 4.60. The maximum absolute atomic E-state index is 13.1. The topological polar surface area (TPSA) is 86.8 Å². The lowest BCUT2D eigenvalue weighted by atomic mass is 10.2. The van der Waals surface area contributed by atoms with Crippen LogP contribution >= 0.6 is 23.1 Å². The molecule has 1 atom stereocenters. The SMILES string of the molecule is Cc1cc(C(=O)CSc2nnc(Cc3cccs3)n2C2CC2)c(C)n1[C@H]1CCS(=O)(=O)C1. The number of sulfone groups is 1. The van der Waals surface area contributed by atoms with Crippen LogP contribution in [0.5, 0.6) is 0 Å². The minimum atomic E-state index is -2.99. The lowest BCUT2D eigenvalue weighted by Crippen LogP contribution is -2.14. The molecule has 0 spiro atoms. The quantitative estimate of drug-likeness (QED) is 0.350. The van der Waals surface area contributed by atoms with Gasteiger partial charge in [0.15, 0.2) is 20.8 Å². The molecule has 0 N–H and O–H groups in total. The molecule has 4 heterocycles. The number of rotatable bonds is 8. The van der Waals surface area contributed by atoms with Crippen molar-refractivity contribution in [1.82, 2.24) is 19.3 Å². The van der Waals surface area contributed by atoms with Crippen LogP contribution in [-0.2, 0) is 16.3 Å². The molecule has 2 fully saturated rings. The summed E-state index contributed by atoms with van der Waals surface area (Å²) in [4.78, 5) is 14.4. The number of thioether (sulfide) groups is 1. The summed E-state index contributed by atoms with van der Waals surface area (Å²) in [6, 6.07) is 6.41. The summed E-state index contributed by atoms with van der Waals surface area (Å²) in [5.74, 6) is 1.67. The number of hydrogen-bond donors (Lipinski definition) is 0. The minimum absolute atomic E-state index is 0.0420. The molecular weight excluding hydrogens is 464 g/mol. The number of aromatic nitrogens is 4. The van der Waals surface area contributed by atoms with Gasteiger partial charge in [0.25, 0.3) is 0 Å². The molecule has 1 aliphatic carbocycles. The van der Waals surface area contributed by atoms with Crippen LogP contribution in [0, 0.1) is 13.8 Å². The molecule has 3 aromatic heterocycles. The Kier molecular flexibility index (Phi) is 5.79. The molecule has 1 aliphatic heterocycles. The first-order valence-corrected chi connectivity index (χ1v) is 14.5. The van der Waals surface area contributed by atoms with E-state index < -0.39 is 9.84 Å². The van der Waals surface area contributed by atoms with Crippen molar-refractivity contribution in [1.29, 1.82) is 0 Å². The van der Waals surface area contributed by atoms with E-state index in [4.69, 9.17) is 0 Å². The highest BCUT2D eigenvalue weighted by Crippen LogP contribution is 2.39. The molecule has 5 rings (SSSR count). The van der Waals surface area contributed by atoms with E-state index in [-0.39, 0.29) is 29.1 Å². The van der Waals surface area contributed by atoms with Crippen molar-refractivity contribution < 1.29 is 13.2 Å². The number of ketones is 1. The number of thiophene rings is 1. The zero-order valence-corrected chi connectivity index (χ0v) is 20.6. The molecule has 0 bridgehead atoms. The van der Waals surface area contributed by atoms with Gasteiger partial charge >= 0.3 is 0 Å². The summed E-state index contributed by atoms with van der Waals surface area (Å²) < 4.78 is 28.1. The highest BCUT2D eigenvalue weighted by atomic mass is 32.2. The van der Waals surface area contributed by atoms with Crippen LogP contribution in [0.2, 0.25) is 0 Å². The first-order chi connectivity index (χ1) is 15.3. The Morgan fingerprint density at radius 1 is 1.19 bits per heavy atom. The monoisotopic (exact) mass is 490 g/mol. The summed E-state index contributed by atoms with van der Waals surface area (Å²) in [6.45, 7) is 3.87. The Hall–Kier alpha value is -1.91. The average molecular weight is 491 g/mol. The number of Topliss-reactive ketones (excluding diaryl/α,β-unsaturated/α-hetero) is 1. The molecule has 0 unspecified atom stereocenters. The Labute approximate surface area is 196 Å². The second kappa shape index (κ2) is 8.46. The van der Waals surface area contributed by atoms with Crippen molar-refractivity contribution in [2.75, 3.05) is 17.3 Å². The molecule has 2 aliphatic rings. The fourth-order valence-corrected chi connectivity index (χ4v) is 7.91. The second-order valence-electron chi connectivity index (χ2n) is 8.68. The second-order valence-corrected chi connectivity index (χ2v) is 12.9. The van der Waals surface area contributed by atoms with E-state index in [0.29, 0.717) is 18.0 Å². The lowest BCUT2D eigenvalue weighted by molar-refractivity contribution is 0.102. The molecular formula is C22H26N4O3S3. The minimum Gasteiger partial charge on any atom is -0.344 e. The Balaban J connectivity index is 1.32. The first-order valence-electron chi connectivity index (χ1n) is 10.8. The van der Waals surface area contributed by atoms with Gasteiger partial charge in [-0.05, 0) is 50.6 Å². The average Bonchev–Trinajstić information content (AvgIpc) is 3.05. The van der Waals surface area contributed by atoms with Crippen LogP contribution in [0.25, 0.3) is 0 Å². The van der Waals surface area contributed by atoms with Crippen LogP contribution in [0.1, 0.15) is 63.8 Å². The Morgan fingerprint density at radius 2 is 2.00 bits per heavy atom. The predicted octanol–water partition coefficient (Wildman–Crippen LogP) is 4.02. The zero-order valence-electron chi connectivity index (χ0n) is 18.2. The van der Waals surface area contributed by atoms with Crippen LogP contribution in [0.3, 0.4) is 0 Å². The van der Waals surface area contributed by atoms with Crippen LogP contribution in [0.15, 0.2) is 28.7 Å². The van der Waals surface area contributed by atoms with E-state index in [0.717, 1.165) is 41.6 Å². The fraction of sp³-hybridized carbons (Fsp3) is 0.500. The highest BCUT2D eigenvalue weighted by molar-refractivity contribution is 7.99. The largest absolute Gasteiger partial charge is 0.344 e. The Morgan fingerprint density at radius 3 is 2.66 bits per heavy atom. The third-order valence-corrected chi connectivity index (χ3v) is 9.82. The van der Waals surface area contributed by atoms with Crippen molar-refractivity contribution in [3.8, 4) is 0 Å². The summed E-state index contributed by atoms with van der Waals surface area (Å²) in [5.41, 5.74) is 2.48. The molecule has 3 aromatic rings. The molecule has 170 valence electrons. The van der Waals surface area contributed by atoms with Gasteiger partial charge in [-0.1, -0.05) is 17.8 Å². The number of hydrogen-bond acceptors (Lipinski definition) is 7. The van der Waals surface area contributed by atoms with Gasteiger partial charge < -0.3 is 9.13 Å². The van der Waals surface area contributed by atoms with Crippen molar-refractivity contribution >= 4 is 38.7 Å². The van der Waals surface area contributed by atoms with Gasteiger partial charge in [0, 0.05) is 40.3 Å². The molecule has 0 amide bonds. The third kappa shape index (κ3) is 4.32. The van der Waals surface area contributed by atoms with E-state index in [9.17, 15) is 13.2 Å². The number of carbonyl (C=O) groups is 1. The number of carbonyl (C=O) groups excluding carboxylic acids is 1. The molecule has 0 aromatic carbocycles. The summed E-state index contributed by atoms with van der Waals surface area (Å²) >= 11 is 3.16. The van der Waals surface area contributed by atoms with Gasteiger partial charge in [-0.25, -0.2) is 8.42 Å². The maximum atomic E-state index is 13.1. The van der Waals surface area contributed by atoms with Crippen LogP contribution in [-0.4, -0.2) is 50.8 Å².